The van der Waals surface area contributed by atoms with Crippen molar-refractivity contribution in [2.45, 2.75) is 31.7 Å². The smallest absolute Gasteiger partial charge is 0.220 e. The van der Waals surface area contributed by atoms with E-state index in [0.29, 0.717) is 37.0 Å². The topological polar surface area (TPSA) is 81.1 Å². The van der Waals surface area contributed by atoms with Crippen LogP contribution in [0.15, 0.2) is 39.4 Å². The number of halogens is 1. The van der Waals surface area contributed by atoms with E-state index in [2.05, 4.69) is 26.2 Å². The molecular formula is C17H20BrN3O2. The van der Waals surface area contributed by atoms with Crippen LogP contribution in [-0.4, -0.2) is 23.5 Å². The maximum absolute atomic E-state index is 12.0. The molecule has 0 bridgehead atoms. The van der Waals surface area contributed by atoms with Gasteiger partial charge in [-0.2, -0.15) is 0 Å². The number of benzene rings is 1. The lowest BCUT2D eigenvalue weighted by molar-refractivity contribution is -0.121. The van der Waals surface area contributed by atoms with Crippen molar-refractivity contribution in [1.29, 1.82) is 0 Å². The lowest BCUT2D eigenvalue weighted by atomic mass is 10.1. The van der Waals surface area contributed by atoms with Crippen LogP contribution >= 0.6 is 15.9 Å². The molecule has 0 aliphatic heterocycles. The number of hydrogen-bond acceptors (Lipinski definition) is 4. The lowest BCUT2D eigenvalue weighted by Gasteiger charge is -2.15. The average Bonchev–Trinajstić information content (AvgIpc) is 3.29. The van der Waals surface area contributed by atoms with Gasteiger partial charge in [0.15, 0.2) is 11.7 Å². The Balaban J connectivity index is 1.55. The van der Waals surface area contributed by atoms with E-state index < -0.39 is 0 Å². The van der Waals surface area contributed by atoms with E-state index in [4.69, 9.17) is 10.2 Å². The van der Waals surface area contributed by atoms with Gasteiger partial charge in [-0.25, -0.2) is 4.98 Å². The van der Waals surface area contributed by atoms with E-state index in [1.54, 1.807) is 6.20 Å². The van der Waals surface area contributed by atoms with E-state index >= 15 is 0 Å². The van der Waals surface area contributed by atoms with E-state index in [-0.39, 0.29) is 11.9 Å². The summed E-state index contributed by atoms with van der Waals surface area (Å²) < 4.78 is 6.70. The second-order valence-electron chi connectivity index (χ2n) is 5.85. The summed E-state index contributed by atoms with van der Waals surface area (Å²) in [5.41, 5.74) is 6.65. The fraction of sp³-hybridized carbons (Fsp3) is 0.412. The first-order valence-corrected chi connectivity index (χ1v) is 8.65. The van der Waals surface area contributed by atoms with Gasteiger partial charge in [-0.3, -0.25) is 4.79 Å². The first kappa shape index (κ1) is 16.2. The number of amides is 1. The van der Waals surface area contributed by atoms with Crippen molar-refractivity contribution in [3.05, 3.63) is 40.8 Å². The number of nitrogens with zero attached hydrogens (tertiary/aromatic N) is 1. The largest absolute Gasteiger partial charge is 0.441 e. The lowest BCUT2D eigenvalue weighted by Crippen LogP contribution is -2.41. The molecule has 5 nitrogen and oxygen atoms in total. The molecule has 0 radical (unpaired) electrons. The summed E-state index contributed by atoms with van der Waals surface area (Å²) in [5, 5.41) is 3.01. The molecule has 1 amide bonds. The highest BCUT2D eigenvalue weighted by Crippen LogP contribution is 2.32. The first-order chi connectivity index (χ1) is 11.2. The molecule has 1 aliphatic carbocycles. The number of carbonyl (C=O) groups excluding carboxylic acids is 1. The Bertz CT molecular complexity index is 682. The molecule has 0 saturated heterocycles. The van der Waals surface area contributed by atoms with Gasteiger partial charge in [0.1, 0.15) is 0 Å². The summed E-state index contributed by atoms with van der Waals surface area (Å²) in [6.45, 7) is 0.502. The zero-order valence-electron chi connectivity index (χ0n) is 12.8. The maximum atomic E-state index is 12.0. The van der Waals surface area contributed by atoms with Crippen molar-refractivity contribution in [2.24, 2.45) is 11.7 Å². The van der Waals surface area contributed by atoms with Gasteiger partial charge in [-0.15, -0.1) is 0 Å². The molecule has 1 aromatic carbocycles. The molecule has 0 spiro atoms. The quantitative estimate of drug-likeness (QED) is 0.776. The minimum absolute atomic E-state index is 0.00740. The van der Waals surface area contributed by atoms with Gasteiger partial charge in [0.25, 0.3) is 0 Å². The van der Waals surface area contributed by atoms with Gasteiger partial charge >= 0.3 is 0 Å². The molecule has 1 unspecified atom stereocenters. The van der Waals surface area contributed by atoms with Crippen molar-refractivity contribution in [3.63, 3.8) is 0 Å². The van der Waals surface area contributed by atoms with Gasteiger partial charge in [0.2, 0.25) is 5.91 Å². The second kappa shape index (κ2) is 7.27. The summed E-state index contributed by atoms with van der Waals surface area (Å²) in [5.74, 6) is 1.84. The number of hydrogen-bond donors (Lipinski definition) is 2. The molecule has 1 aromatic heterocycles. The van der Waals surface area contributed by atoms with Crippen LogP contribution in [0.1, 0.15) is 25.2 Å². The third-order valence-corrected chi connectivity index (χ3v) is 4.74. The van der Waals surface area contributed by atoms with Crippen LogP contribution in [0.2, 0.25) is 0 Å². The molecule has 3 rings (SSSR count). The van der Waals surface area contributed by atoms with Crippen molar-refractivity contribution < 1.29 is 9.21 Å². The van der Waals surface area contributed by atoms with Crippen molar-refractivity contribution in [2.75, 3.05) is 6.54 Å². The predicted molar refractivity (Wildman–Crippen MR) is 91.7 cm³/mol. The zero-order valence-corrected chi connectivity index (χ0v) is 14.4. The molecule has 122 valence electrons. The second-order valence-corrected chi connectivity index (χ2v) is 6.70. The van der Waals surface area contributed by atoms with Crippen molar-refractivity contribution >= 4 is 21.8 Å². The van der Waals surface area contributed by atoms with Crippen LogP contribution in [0.4, 0.5) is 0 Å². The van der Waals surface area contributed by atoms with Crippen molar-refractivity contribution in [1.82, 2.24) is 10.3 Å². The number of oxazole rings is 1. The van der Waals surface area contributed by atoms with Crippen LogP contribution in [0.25, 0.3) is 11.3 Å². The number of carbonyl (C=O) groups is 1. The van der Waals surface area contributed by atoms with Crippen LogP contribution in [0.3, 0.4) is 0 Å². The Labute approximate surface area is 143 Å². The third kappa shape index (κ3) is 4.20. The predicted octanol–water partition coefficient (Wildman–Crippen LogP) is 2.89. The molecule has 3 N–H and O–H groups in total. The number of nitrogens with one attached hydrogen (secondary N) is 1. The minimum atomic E-state index is 0.00740. The summed E-state index contributed by atoms with van der Waals surface area (Å²) in [4.78, 5) is 16.3. The van der Waals surface area contributed by atoms with E-state index in [0.717, 1.165) is 22.9 Å². The molecule has 1 saturated carbocycles. The molecular weight excluding hydrogens is 358 g/mol. The molecule has 1 atom stereocenters. The Morgan fingerprint density at radius 2 is 2.22 bits per heavy atom. The van der Waals surface area contributed by atoms with Gasteiger partial charge in [0, 0.05) is 35.5 Å². The number of aryl methyl sites for hydroxylation is 1. The first-order valence-electron chi connectivity index (χ1n) is 7.86. The third-order valence-electron chi connectivity index (χ3n) is 4.05. The molecule has 1 aliphatic rings. The number of aromatic nitrogens is 1. The Kier molecular flexibility index (Phi) is 5.13. The standard InChI is InChI=1S/C17H20BrN3O2/c18-13-4-2-1-3-12(13)15-10-20-17(23-15)8-7-16(22)21-14(9-19)11-5-6-11/h1-4,10-11,14H,5-9,19H2,(H,21,22). The van der Waals surface area contributed by atoms with E-state index in [9.17, 15) is 4.79 Å². The minimum Gasteiger partial charge on any atom is -0.441 e. The summed E-state index contributed by atoms with van der Waals surface area (Å²) in [6, 6.07) is 7.92. The van der Waals surface area contributed by atoms with Gasteiger partial charge in [0.05, 0.1) is 6.20 Å². The fourth-order valence-electron chi connectivity index (χ4n) is 2.58. The van der Waals surface area contributed by atoms with Gasteiger partial charge < -0.3 is 15.5 Å². The van der Waals surface area contributed by atoms with Crippen LogP contribution in [0.5, 0.6) is 0 Å². The van der Waals surface area contributed by atoms with Crippen LogP contribution in [-0.2, 0) is 11.2 Å². The Hall–Kier alpha value is -1.66. The fourth-order valence-corrected chi connectivity index (χ4v) is 3.06. The molecule has 6 heteroatoms. The Morgan fingerprint density at radius 1 is 1.43 bits per heavy atom. The molecule has 2 aromatic rings. The van der Waals surface area contributed by atoms with Gasteiger partial charge in [-0.05, 0) is 24.8 Å². The summed E-state index contributed by atoms with van der Waals surface area (Å²) in [6.07, 6.45) is 4.87. The van der Waals surface area contributed by atoms with E-state index in [1.165, 1.54) is 0 Å². The monoisotopic (exact) mass is 377 g/mol. The highest BCUT2D eigenvalue weighted by molar-refractivity contribution is 9.10. The molecule has 1 heterocycles. The SMILES string of the molecule is NCC(NC(=O)CCc1ncc(-c2ccccc2Br)o1)C1CC1. The number of rotatable bonds is 7. The van der Waals surface area contributed by atoms with Crippen LogP contribution < -0.4 is 11.1 Å². The maximum Gasteiger partial charge on any atom is 0.220 e. The zero-order chi connectivity index (χ0) is 16.2. The molecule has 1 fully saturated rings. The average molecular weight is 378 g/mol. The van der Waals surface area contributed by atoms with Crippen LogP contribution in [0, 0.1) is 5.92 Å². The number of nitrogens with two attached hydrogens (primary N) is 1. The normalized spacial score (nSPS) is 15.4. The van der Waals surface area contributed by atoms with Gasteiger partial charge in [-0.1, -0.05) is 34.1 Å². The highest BCUT2D eigenvalue weighted by Gasteiger charge is 2.31. The molecule has 23 heavy (non-hydrogen) atoms. The Morgan fingerprint density at radius 3 is 2.91 bits per heavy atom. The van der Waals surface area contributed by atoms with E-state index in [1.807, 2.05) is 24.3 Å². The summed E-state index contributed by atoms with van der Waals surface area (Å²) >= 11 is 3.50. The summed E-state index contributed by atoms with van der Waals surface area (Å²) in [7, 11) is 0. The highest BCUT2D eigenvalue weighted by atomic mass is 79.9. The van der Waals surface area contributed by atoms with Crippen molar-refractivity contribution in [3.8, 4) is 11.3 Å².